The Morgan fingerprint density at radius 2 is 1.70 bits per heavy atom. The van der Waals surface area contributed by atoms with Crippen LogP contribution in [0.3, 0.4) is 0 Å². The van der Waals surface area contributed by atoms with E-state index in [1.807, 2.05) is 24.3 Å². The molecule has 1 aromatic carbocycles. The summed E-state index contributed by atoms with van der Waals surface area (Å²) < 4.78 is 1.27. The Morgan fingerprint density at radius 3 is 2.26 bits per heavy atom. The largest absolute Gasteiger partial charge is 0.298 e. The molecule has 5 heteroatoms. The Morgan fingerprint density at radius 1 is 1.04 bits per heavy atom. The Kier molecular flexibility index (Phi) is 4.27. The second kappa shape index (κ2) is 6.43. The van der Waals surface area contributed by atoms with Gasteiger partial charge in [-0.05, 0) is 66.3 Å². The predicted molar refractivity (Wildman–Crippen MR) is 110 cm³/mol. The number of rotatable bonds is 3. The third kappa shape index (κ3) is 2.58. The van der Waals surface area contributed by atoms with Crippen molar-refractivity contribution in [3.05, 3.63) is 44.1 Å². The highest BCUT2D eigenvalue weighted by molar-refractivity contribution is 7.20. The molecule has 27 heavy (non-hydrogen) atoms. The van der Waals surface area contributed by atoms with Crippen LogP contribution in [0.4, 0.5) is 0 Å². The summed E-state index contributed by atoms with van der Waals surface area (Å²) in [6.07, 6.45) is 4.10. The van der Waals surface area contributed by atoms with Crippen molar-refractivity contribution in [3.63, 3.8) is 0 Å². The Balaban J connectivity index is 1.60. The molecule has 0 spiro atoms. The number of hydrogen-bond donors (Lipinski definition) is 0. The van der Waals surface area contributed by atoms with Crippen LogP contribution in [0.25, 0.3) is 11.1 Å². The molecular formula is C22H20Cl2O2S. The van der Waals surface area contributed by atoms with E-state index in [4.69, 9.17) is 23.2 Å². The van der Waals surface area contributed by atoms with Crippen LogP contribution in [0.1, 0.15) is 43.2 Å². The maximum absolute atomic E-state index is 13.3. The molecular weight excluding hydrogens is 399 g/mol. The SMILES string of the molecule is CCc1ccc(-c2cc(Cl)sc2Cl)cc1C1C(=O)C2C3CCC(C3)C2C1=O. The minimum absolute atomic E-state index is 0.0335. The first-order chi connectivity index (χ1) is 13.0. The maximum atomic E-state index is 13.3. The number of halogens is 2. The van der Waals surface area contributed by atoms with Crippen molar-refractivity contribution >= 4 is 46.1 Å². The molecule has 2 nitrogen and oxygen atoms in total. The van der Waals surface area contributed by atoms with E-state index in [9.17, 15) is 9.59 Å². The van der Waals surface area contributed by atoms with E-state index in [2.05, 4.69) is 6.92 Å². The zero-order valence-corrected chi connectivity index (χ0v) is 17.3. The zero-order valence-electron chi connectivity index (χ0n) is 15.0. The summed E-state index contributed by atoms with van der Waals surface area (Å²) in [6, 6.07) is 7.91. The molecule has 5 rings (SSSR count). The lowest BCUT2D eigenvalue weighted by molar-refractivity contribution is -0.125. The molecule has 3 fully saturated rings. The molecule has 0 aliphatic heterocycles. The second-order valence-electron chi connectivity index (χ2n) is 8.13. The Bertz CT molecular complexity index is 935. The van der Waals surface area contributed by atoms with Crippen LogP contribution in [-0.4, -0.2) is 11.6 Å². The third-order valence-electron chi connectivity index (χ3n) is 6.95. The number of benzene rings is 1. The predicted octanol–water partition coefficient (Wildman–Crippen LogP) is 6.18. The highest BCUT2D eigenvalue weighted by Gasteiger charge is 2.61. The van der Waals surface area contributed by atoms with Crippen molar-refractivity contribution in [1.82, 2.24) is 0 Å². The van der Waals surface area contributed by atoms with Gasteiger partial charge in [0, 0.05) is 17.4 Å². The van der Waals surface area contributed by atoms with Crippen molar-refractivity contribution in [3.8, 4) is 11.1 Å². The fourth-order valence-corrected chi connectivity index (χ4v) is 7.34. The molecule has 0 radical (unpaired) electrons. The number of hydrogen-bond acceptors (Lipinski definition) is 3. The van der Waals surface area contributed by atoms with E-state index in [-0.39, 0.29) is 23.4 Å². The van der Waals surface area contributed by atoms with Crippen LogP contribution >= 0.6 is 34.5 Å². The van der Waals surface area contributed by atoms with E-state index in [1.54, 1.807) is 0 Å². The minimum atomic E-state index is -0.591. The fraction of sp³-hybridized carbons (Fsp3) is 0.455. The summed E-state index contributed by atoms with van der Waals surface area (Å²) in [6.45, 7) is 2.07. The zero-order chi connectivity index (χ0) is 18.9. The van der Waals surface area contributed by atoms with Gasteiger partial charge in [-0.2, -0.15) is 0 Å². The number of fused-ring (bicyclic) bond motifs is 5. The lowest BCUT2D eigenvalue weighted by Crippen LogP contribution is -2.24. The molecule has 4 atom stereocenters. The van der Waals surface area contributed by atoms with E-state index in [1.165, 1.54) is 11.3 Å². The monoisotopic (exact) mass is 418 g/mol. The Labute approximate surface area is 172 Å². The van der Waals surface area contributed by atoms with Crippen LogP contribution in [-0.2, 0) is 16.0 Å². The first-order valence-corrected chi connectivity index (χ1v) is 11.2. The number of ketones is 2. The van der Waals surface area contributed by atoms with E-state index in [0.717, 1.165) is 47.9 Å². The fourth-order valence-electron chi connectivity index (χ4n) is 5.83. The Hall–Kier alpha value is -1.16. The number of carbonyl (C=O) groups excluding carboxylic acids is 2. The topological polar surface area (TPSA) is 34.1 Å². The van der Waals surface area contributed by atoms with Crippen LogP contribution < -0.4 is 0 Å². The molecule has 3 aliphatic rings. The highest BCUT2D eigenvalue weighted by atomic mass is 35.5. The summed E-state index contributed by atoms with van der Waals surface area (Å²) >= 11 is 13.8. The van der Waals surface area contributed by atoms with Crippen molar-refractivity contribution < 1.29 is 9.59 Å². The van der Waals surface area contributed by atoms with Gasteiger partial charge in [0.1, 0.15) is 10.3 Å². The van der Waals surface area contributed by atoms with Gasteiger partial charge < -0.3 is 0 Å². The van der Waals surface area contributed by atoms with Crippen LogP contribution in [0.2, 0.25) is 8.67 Å². The van der Waals surface area contributed by atoms with Crippen LogP contribution in [0, 0.1) is 23.7 Å². The lowest BCUT2D eigenvalue weighted by Gasteiger charge is -2.21. The summed E-state index contributed by atoms with van der Waals surface area (Å²) in [5.41, 5.74) is 3.76. The highest BCUT2D eigenvalue weighted by Crippen LogP contribution is 2.59. The normalized spacial score (nSPS) is 31.7. The van der Waals surface area contributed by atoms with Gasteiger partial charge in [-0.3, -0.25) is 9.59 Å². The maximum Gasteiger partial charge on any atom is 0.151 e. The van der Waals surface area contributed by atoms with Gasteiger partial charge in [0.05, 0.1) is 4.34 Å². The van der Waals surface area contributed by atoms with Crippen LogP contribution in [0.15, 0.2) is 24.3 Å². The number of aryl methyl sites for hydroxylation is 1. The summed E-state index contributed by atoms with van der Waals surface area (Å²) in [5, 5.41) is 0. The van der Waals surface area contributed by atoms with Gasteiger partial charge in [0.25, 0.3) is 0 Å². The first kappa shape index (κ1) is 17.9. The molecule has 0 saturated heterocycles. The minimum Gasteiger partial charge on any atom is -0.298 e. The molecule has 1 heterocycles. The molecule has 2 aromatic rings. The molecule has 3 aliphatic carbocycles. The quantitative estimate of drug-likeness (QED) is 0.557. The van der Waals surface area contributed by atoms with Crippen LogP contribution in [0.5, 0.6) is 0 Å². The smallest absolute Gasteiger partial charge is 0.151 e. The van der Waals surface area contributed by atoms with Crippen molar-refractivity contribution in [2.45, 2.75) is 38.5 Å². The van der Waals surface area contributed by atoms with Gasteiger partial charge in [-0.15, -0.1) is 11.3 Å². The van der Waals surface area contributed by atoms with E-state index >= 15 is 0 Å². The molecule has 140 valence electrons. The van der Waals surface area contributed by atoms with Crippen molar-refractivity contribution in [1.29, 1.82) is 0 Å². The van der Waals surface area contributed by atoms with Gasteiger partial charge in [-0.1, -0.05) is 42.3 Å². The van der Waals surface area contributed by atoms with Gasteiger partial charge >= 0.3 is 0 Å². The third-order valence-corrected chi connectivity index (χ3v) is 8.44. The summed E-state index contributed by atoms with van der Waals surface area (Å²) in [7, 11) is 0. The van der Waals surface area contributed by atoms with Gasteiger partial charge in [-0.25, -0.2) is 0 Å². The lowest BCUT2D eigenvalue weighted by atomic mass is 9.81. The molecule has 2 bridgehead atoms. The number of Topliss-reactive ketones (excluding diaryl/α,β-unsaturated/α-hetero) is 2. The average molecular weight is 419 g/mol. The van der Waals surface area contributed by atoms with Gasteiger partial charge in [0.15, 0.2) is 11.6 Å². The van der Waals surface area contributed by atoms with E-state index < -0.39 is 5.92 Å². The molecule has 1 aromatic heterocycles. The summed E-state index contributed by atoms with van der Waals surface area (Å²) in [5.74, 6) is 0.533. The van der Waals surface area contributed by atoms with Crippen molar-refractivity contribution in [2.75, 3.05) is 0 Å². The standard InChI is InChI=1S/C22H20Cl2O2S/c1-2-10-3-4-11(15-9-16(23)27-22(15)24)8-14(10)19-20(25)17-12-5-6-13(7-12)18(17)21(19)26/h3-4,8-9,12-13,17-19H,2,5-7H2,1H3. The van der Waals surface area contributed by atoms with E-state index in [0.29, 0.717) is 20.5 Å². The molecule has 4 unspecified atom stereocenters. The number of thiophene rings is 1. The first-order valence-electron chi connectivity index (χ1n) is 9.65. The summed E-state index contributed by atoms with van der Waals surface area (Å²) in [4.78, 5) is 26.6. The molecule has 0 N–H and O–H groups in total. The molecule has 3 saturated carbocycles. The average Bonchev–Trinajstić information content (AvgIpc) is 3.39. The molecule has 0 amide bonds. The van der Waals surface area contributed by atoms with Gasteiger partial charge in [0.2, 0.25) is 0 Å². The van der Waals surface area contributed by atoms with Crippen molar-refractivity contribution in [2.24, 2.45) is 23.7 Å². The number of carbonyl (C=O) groups is 2. The second-order valence-corrected chi connectivity index (χ2v) is 10.4.